The van der Waals surface area contributed by atoms with E-state index in [-0.39, 0.29) is 10.5 Å². The molecule has 1 aromatic carbocycles. The Morgan fingerprint density at radius 2 is 1.76 bits per heavy atom. The van der Waals surface area contributed by atoms with Gasteiger partial charge in [0.2, 0.25) is 0 Å². The van der Waals surface area contributed by atoms with E-state index >= 15 is 0 Å². The SMILES string of the molecule is Cc1c(Cl)ccc2c(Cl)cc(C(F)(F)F)nc12. The summed E-state index contributed by atoms with van der Waals surface area (Å²) in [6.45, 7) is 1.61. The largest absolute Gasteiger partial charge is 0.433 e. The summed E-state index contributed by atoms with van der Waals surface area (Å²) >= 11 is 11.7. The van der Waals surface area contributed by atoms with Crippen LogP contribution in [0.25, 0.3) is 10.9 Å². The van der Waals surface area contributed by atoms with Crippen molar-refractivity contribution in [2.75, 3.05) is 0 Å². The molecule has 0 aliphatic heterocycles. The second kappa shape index (κ2) is 4.03. The third kappa shape index (κ3) is 2.19. The summed E-state index contributed by atoms with van der Waals surface area (Å²) in [5, 5.41) is 0.837. The van der Waals surface area contributed by atoms with Gasteiger partial charge in [0.1, 0.15) is 5.69 Å². The van der Waals surface area contributed by atoms with Crippen molar-refractivity contribution in [1.82, 2.24) is 4.98 Å². The third-order valence-corrected chi connectivity index (χ3v) is 3.13. The lowest BCUT2D eigenvalue weighted by molar-refractivity contribution is -0.140. The van der Waals surface area contributed by atoms with Crippen LogP contribution in [0.1, 0.15) is 11.3 Å². The second-order valence-corrected chi connectivity index (χ2v) is 4.37. The first-order valence-corrected chi connectivity index (χ1v) is 5.39. The first kappa shape index (κ1) is 12.5. The average Bonchev–Trinajstić information content (AvgIpc) is 2.22. The summed E-state index contributed by atoms with van der Waals surface area (Å²) in [4.78, 5) is 3.57. The molecule has 0 aliphatic rings. The van der Waals surface area contributed by atoms with Crippen LogP contribution in [0.15, 0.2) is 18.2 Å². The van der Waals surface area contributed by atoms with Gasteiger partial charge in [0.25, 0.3) is 0 Å². The lowest BCUT2D eigenvalue weighted by Crippen LogP contribution is -2.08. The highest BCUT2D eigenvalue weighted by Gasteiger charge is 2.33. The summed E-state index contributed by atoms with van der Waals surface area (Å²) in [6.07, 6.45) is -4.52. The van der Waals surface area contributed by atoms with Crippen LogP contribution in [0.4, 0.5) is 13.2 Å². The van der Waals surface area contributed by atoms with Crippen molar-refractivity contribution in [1.29, 1.82) is 0 Å². The van der Waals surface area contributed by atoms with Crippen LogP contribution < -0.4 is 0 Å². The van der Waals surface area contributed by atoms with Crippen molar-refractivity contribution in [2.24, 2.45) is 0 Å². The molecule has 2 rings (SSSR count). The van der Waals surface area contributed by atoms with Gasteiger partial charge in [-0.2, -0.15) is 13.2 Å². The maximum atomic E-state index is 12.6. The molecule has 17 heavy (non-hydrogen) atoms. The number of nitrogens with zero attached hydrogens (tertiary/aromatic N) is 1. The fourth-order valence-electron chi connectivity index (χ4n) is 1.51. The molecule has 0 bridgehead atoms. The van der Waals surface area contributed by atoms with Crippen LogP contribution in [0.5, 0.6) is 0 Å². The number of fused-ring (bicyclic) bond motifs is 1. The number of halogens is 5. The molecule has 0 atom stereocenters. The Morgan fingerprint density at radius 3 is 2.35 bits per heavy atom. The van der Waals surface area contributed by atoms with E-state index in [9.17, 15) is 13.2 Å². The smallest absolute Gasteiger partial charge is 0.243 e. The predicted molar refractivity (Wildman–Crippen MR) is 61.5 cm³/mol. The van der Waals surface area contributed by atoms with Crippen molar-refractivity contribution >= 4 is 34.1 Å². The molecule has 1 nitrogen and oxygen atoms in total. The van der Waals surface area contributed by atoms with E-state index in [1.807, 2.05) is 0 Å². The lowest BCUT2D eigenvalue weighted by atomic mass is 10.1. The summed E-state index contributed by atoms with van der Waals surface area (Å²) in [5.41, 5.74) is -0.352. The monoisotopic (exact) mass is 279 g/mol. The van der Waals surface area contributed by atoms with Gasteiger partial charge in [0, 0.05) is 10.4 Å². The zero-order valence-electron chi connectivity index (χ0n) is 8.57. The van der Waals surface area contributed by atoms with Crippen molar-refractivity contribution in [3.05, 3.63) is 39.5 Å². The fraction of sp³-hybridized carbons (Fsp3) is 0.182. The summed E-state index contributed by atoms with van der Waals surface area (Å²) < 4.78 is 37.7. The van der Waals surface area contributed by atoms with E-state index in [0.717, 1.165) is 6.07 Å². The number of aryl methyl sites for hydroxylation is 1. The van der Waals surface area contributed by atoms with Gasteiger partial charge in [-0.15, -0.1) is 0 Å². The number of rotatable bonds is 0. The molecule has 0 N–H and O–H groups in total. The van der Waals surface area contributed by atoms with Gasteiger partial charge in [0.05, 0.1) is 10.5 Å². The Hall–Kier alpha value is -1.00. The fourth-order valence-corrected chi connectivity index (χ4v) is 1.92. The summed E-state index contributed by atoms with van der Waals surface area (Å²) in [7, 11) is 0. The minimum Gasteiger partial charge on any atom is -0.243 e. The Bertz CT molecular complexity index is 593. The van der Waals surface area contributed by atoms with Crippen LogP contribution >= 0.6 is 23.2 Å². The van der Waals surface area contributed by atoms with Crippen molar-refractivity contribution in [3.63, 3.8) is 0 Å². The number of hydrogen-bond acceptors (Lipinski definition) is 1. The molecule has 0 unspecified atom stereocenters. The zero-order chi connectivity index (χ0) is 12.8. The molecule has 0 spiro atoms. The number of pyridine rings is 1. The van der Waals surface area contributed by atoms with Crippen molar-refractivity contribution in [3.8, 4) is 0 Å². The Morgan fingerprint density at radius 1 is 1.12 bits per heavy atom. The van der Waals surface area contributed by atoms with Gasteiger partial charge in [-0.3, -0.25) is 0 Å². The highest BCUT2D eigenvalue weighted by molar-refractivity contribution is 6.36. The maximum absolute atomic E-state index is 12.6. The van der Waals surface area contributed by atoms with Crippen LogP contribution in [0.3, 0.4) is 0 Å². The molecular formula is C11H6Cl2F3N. The molecule has 1 aromatic heterocycles. The van der Waals surface area contributed by atoms with Gasteiger partial charge >= 0.3 is 6.18 Å². The molecule has 2 aromatic rings. The van der Waals surface area contributed by atoms with Crippen LogP contribution in [0, 0.1) is 6.92 Å². The normalized spacial score (nSPS) is 12.1. The summed E-state index contributed by atoms with van der Waals surface area (Å²) in [5.74, 6) is 0. The Kier molecular flexibility index (Phi) is 2.96. The first-order chi connectivity index (χ1) is 7.80. The molecule has 0 saturated heterocycles. The lowest BCUT2D eigenvalue weighted by Gasteiger charge is -2.10. The molecular weight excluding hydrogens is 274 g/mol. The van der Waals surface area contributed by atoms with Crippen LogP contribution in [-0.4, -0.2) is 4.98 Å². The molecule has 0 amide bonds. The molecule has 6 heteroatoms. The molecule has 0 radical (unpaired) electrons. The minimum absolute atomic E-state index is 0.0158. The molecule has 1 heterocycles. The predicted octanol–water partition coefficient (Wildman–Crippen LogP) is 4.87. The number of benzene rings is 1. The molecule has 0 saturated carbocycles. The van der Waals surface area contributed by atoms with E-state index in [2.05, 4.69) is 4.98 Å². The topological polar surface area (TPSA) is 12.9 Å². The van der Waals surface area contributed by atoms with E-state index in [4.69, 9.17) is 23.2 Å². The Balaban J connectivity index is 2.84. The first-order valence-electron chi connectivity index (χ1n) is 4.63. The number of aromatic nitrogens is 1. The maximum Gasteiger partial charge on any atom is 0.433 e. The highest BCUT2D eigenvalue weighted by Crippen LogP contribution is 2.35. The van der Waals surface area contributed by atoms with Gasteiger partial charge in [0.15, 0.2) is 0 Å². The van der Waals surface area contributed by atoms with E-state index in [1.54, 1.807) is 19.1 Å². The van der Waals surface area contributed by atoms with Gasteiger partial charge in [-0.25, -0.2) is 4.98 Å². The average molecular weight is 280 g/mol. The summed E-state index contributed by atoms with van der Waals surface area (Å²) in [6, 6.07) is 3.96. The quantitative estimate of drug-likeness (QED) is 0.671. The second-order valence-electron chi connectivity index (χ2n) is 3.56. The van der Waals surface area contributed by atoms with Crippen LogP contribution in [-0.2, 0) is 6.18 Å². The van der Waals surface area contributed by atoms with Gasteiger partial charge in [-0.05, 0) is 30.7 Å². The molecule has 90 valence electrons. The van der Waals surface area contributed by atoms with E-state index in [1.165, 1.54) is 0 Å². The van der Waals surface area contributed by atoms with Crippen molar-refractivity contribution < 1.29 is 13.2 Å². The standard InChI is InChI=1S/C11H6Cl2F3N/c1-5-7(12)3-2-6-8(13)4-9(11(14,15)16)17-10(5)6/h2-4H,1H3. The Labute approximate surface area is 105 Å². The van der Waals surface area contributed by atoms with Crippen LogP contribution in [0.2, 0.25) is 10.0 Å². The van der Waals surface area contributed by atoms with E-state index in [0.29, 0.717) is 16.0 Å². The highest BCUT2D eigenvalue weighted by atomic mass is 35.5. The number of alkyl halides is 3. The molecule has 0 aliphatic carbocycles. The third-order valence-electron chi connectivity index (χ3n) is 2.41. The minimum atomic E-state index is -4.52. The van der Waals surface area contributed by atoms with Crippen molar-refractivity contribution in [2.45, 2.75) is 13.1 Å². The molecule has 0 fully saturated rings. The zero-order valence-corrected chi connectivity index (χ0v) is 10.1. The van der Waals surface area contributed by atoms with Gasteiger partial charge < -0.3 is 0 Å². The van der Waals surface area contributed by atoms with Gasteiger partial charge in [-0.1, -0.05) is 23.2 Å². The number of hydrogen-bond donors (Lipinski definition) is 0. The van der Waals surface area contributed by atoms with E-state index < -0.39 is 11.9 Å².